The molecule has 4 aromatic carbocycles. The molecule has 0 saturated carbocycles. The Balaban J connectivity index is 2.04. The van der Waals surface area contributed by atoms with E-state index in [0.717, 1.165) is 5.56 Å². The molecule has 4 aromatic rings. The monoisotopic (exact) mass is 380 g/mol. The Morgan fingerprint density at radius 1 is 0.500 bits per heavy atom. The Kier molecular flexibility index (Phi) is 5.37. The maximum Gasteiger partial charge on any atom is 0.136 e. The van der Waals surface area contributed by atoms with E-state index in [-0.39, 0.29) is 5.76 Å². The third-order valence-electron chi connectivity index (χ3n) is 4.86. The van der Waals surface area contributed by atoms with Crippen LogP contribution in [-0.4, -0.2) is 0 Å². The molecule has 0 spiro atoms. The highest BCUT2D eigenvalue weighted by Gasteiger charge is 2.43. The lowest BCUT2D eigenvalue weighted by Crippen LogP contribution is -2.30. The minimum Gasteiger partial charge on any atom is -0.870 e. The maximum atomic E-state index is 13.4. The van der Waals surface area contributed by atoms with Gasteiger partial charge in [-0.2, -0.15) is 0 Å². The van der Waals surface area contributed by atoms with Gasteiger partial charge in [0.15, 0.2) is 0 Å². The minimum atomic E-state index is -2.25. The van der Waals surface area contributed by atoms with Crippen LogP contribution in [0.25, 0.3) is 5.76 Å². The molecule has 2 heteroatoms. The first-order chi connectivity index (χ1) is 13.8. The predicted octanol–water partition coefficient (Wildman–Crippen LogP) is 4.34. The Labute approximate surface area is 167 Å². The van der Waals surface area contributed by atoms with Crippen LogP contribution in [0.2, 0.25) is 0 Å². The van der Waals surface area contributed by atoms with Crippen molar-refractivity contribution in [3.8, 4) is 0 Å². The van der Waals surface area contributed by atoms with E-state index in [1.54, 1.807) is 0 Å². The van der Waals surface area contributed by atoms with Crippen LogP contribution in [0, 0.1) is 0 Å². The van der Waals surface area contributed by atoms with E-state index in [2.05, 4.69) is 72.8 Å². The molecule has 1 nitrogen and oxygen atoms in total. The van der Waals surface area contributed by atoms with E-state index >= 15 is 0 Å². The van der Waals surface area contributed by atoms with Crippen LogP contribution in [0.3, 0.4) is 0 Å². The number of rotatable bonds is 5. The van der Waals surface area contributed by atoms with Gasteiger partial charge in [0.2, 0.25) is 0 Å². The molecule has 0 aromatic heterocycles. The minimum absolute atomic E-state index is 0.0606. The summed E-state index contributed by atoms with van der Waals surface area (Å²) in [6.45, 7) is 0. The smallest absolute Gasteiger partial charge is 0.136 e. The molecular formula is C26H21OP. The van der Waals surface area contributed by atoms with Gasteiger partial charge in [0.1, 0.15) is 23.2 Å². The van der Waals surface area contributed by atoms with E-state index in [0.29, 0.717) is 0 Å². The third-order valence-corrected chi connectivity index (χ3v) is 8.82. The standard InChI is InChI=1S/C26H21OP/c27-26(22-13-5-1-6-14-22)21-28(23-15-7-2-8-16-23,24-17-9-3-10-18-24)25-19-11-4-12-20-25/h1-21H/b26-21-. The summed E-state index contributed by atoms with van der Waals surface area (Å²) in [5.41, 5.74) is 0.717. The van der Waals surface area contributed by atoms with Crippen molar-refractivity contribution < 1.29 is 5.11 Å². The fourth-order valence-electron chi connectivity index (χ4n) is 3.51. The van der Waals surface area contributed by atoms with E-state index < -0.39 is 7.26 Å². The van der Waals surface area contributed by atoms with Crippen LogP contribution in [-0.2, 0) is 0 Å². The van der Waals surface area contributed by atoms with Crippen LogP contribution >= 0.6 is 7.26 Å². The van der Waals surface area contributed by atoms with E-state index in [4.69, 9.17) is 0 Å². The molecule has 0 aliphatic heterocycles. The van der Waals surface area contributed by atoms with Gasteiger partial charge in [-0.15, -0.1) is 0 Å². The lowest BCUT2D eigenvalue weighted by atomic mass is 10.2. The van der Waals surface area contributed by atoms with E-state index in [9.17, 15) is 5.11 Å². The molecule has 0 bridgehead atoms. The number of hydrogen-bond acceptors (Lipinski definition) is 1. The zero-order valence-corrected chi connectivity index (χ0v) is 16.4. The van der Waals surface area contributed by atoms with E-state index in [1.165, 1.54) is 15.9 Å². The third kappa shape index (κ3) is 3.50. The van der Waals surface area contributed by atoms with Crippen molar-refractivity contribution in [2.75, 3.05) is 0 Å². The van der Waals surface area contributed by atoms with Gasteiger partial charge in [-0.3, -0.25) is 0 Å². The Morgan fingerprint density at radius 2 is 0.821 bits per heavy atom. The largest absolute Gasteiger partial charge is 0.870 e. The molecule has 4 rings (SSSR count). The molecule has 0 fully saturated rings. The van der Waals surface area contributed by atoms with Crippen LogP contribution < -0.4 is 21.0 Å². The summed E-state index contributed by atoms with van der Waals surface area (Å²) >= 11 is 0. The first kappa shape index (κ1) is 18.2. The molecule has 0 atom stereocenters. The van der Waals surface area contributed by atoms with Gasteiger partial charge in [-0.25, -0.2) is 0 Å². The Bertz CT molecular complexity index is 946. The highest BCUT2D eigenvalue weighted by atomic mass is 31.2. The Morgan fingerprint density at radius 3 is 1.18 bits per heavy atom. The molecule has 28 heavy (non-hydrogen) atoms. The van der Waals surface area contributed by atoms with Gasteiger partial charge in [0.25, 0.3) is 0 Å². The molecule has 0 saturated heterocycles. The van der Waals surface area contributed by atoms with Crippen molar-refractivity contribution in [1.82, 2.24) is 0 Å². The second-order valence-electron chi connectivity index (χ2n) is 6.59. The van der Waals surface area contributed by atoms with Crippen molar-refractivity contribution in [3.63, 3.8) is 0 Å². The average Bonchev–Trinajstić information content (AvgIpc) is 2.80. The predicted molar refractivity (Wildman–Crippen MR) is 120 cm³/mol. The second kappa shape index (κ2) is 8.25. The summed E-state index contributed by atoms with van der Waals surface area (Å²) < 4.78 is 0. The van der Waals surface area contributed by atoms with Crippen LogP contribution in [0.1, 0.15) is 5.56 Å². The SMILES string of the molecule is [O-]/C(=C\[P+](c1ccccc1)(c1ccccc1)c1ccccc1)c1ccccc1. The summed E-state index contributed by atoms with van der Waals surface area (Å²) in [6, 6.07) is 40.8. The molecular weight excluding hydrogens is 359 g/mol. The summed E-state index contributed by atoms with van der Waals surface area (Å²) in [4.78, 5) is 0. The summed E-state index contributed by atoms with van der Waals surface area (Å²) in [5, 5.41) is 16.9. The van der Waals surface area contributed by atoms with Gasteiger partial charge in [0, 0.05) is 0 Å². The van der Waals surface area contributed by atoms with Crippen LogP contribution in [0.5, 0.6) is 0 Å². The highest BCUT2D eigenvalue weighted by Crippen LogP contribution is 2.57. The first-order valence-corrected chi connectivity index (χ1v) is 11.2. The summed E-state index contributed by atoms with van der Waals surface area (Å²) in [7, 11) is -2.25. The molecule has 0 radical (unpaired) electrons. The van der Waals surface area contributed by atoms with Crippen molar-refractivity contribution >= 4 is 28.9 Å². The lowest BCUT2D eigenvalue weighted by molar-refractivity contribution is -0.243. The molecule has 136 valence electrons. The molecule has 0 amide bonds. The molecule has 0 aliphatic carbocycles. The summed E-state index contributed by atoms with van der Waals surface area (Å²) in [5.74, 6) is 2.04. The lowest BCUT2D eigenvalue weighted by Gasteiger charge is -2.26. The zero-order chi connectivity index (χ0) is 19.2. The zero-order valence-electron chi connectivity index (χ0n) is 15.5. The van der Waals surface area contributed by atoms with Gasteiger partial charge < -0.3 is 5.11 Å². The molecule has 0 N–H and O–H groups in total. The topological polar surface area (TPSA) is 23.1 Å². The van der Waals surface area contributed by atoms with Gasteiger partial charge >= 0.3 is 0 Å². The fraction of sp³-hybridized carbons (Fsp3) is 0. The van der Waals surface area contributed by atoms with Crippen molar-refractivity contribution in [2.24, 2.45) is 0 Å². The van der Waals surface area contributed by atoms with E-state index in [1.807, 2.05) is 54.3 Å². The maximum absolute atomic E-state index is 13.4. The highest BCUT2D eigenvalue weighted by molar-refractivity contribution is 7.98. The average molecular weight is 380 g/mol. The number of hydrogen-bond donors (Lipinski definition) is 0. The normalized spacial score (nSPS) is 11.9. The van der Waals surface area contributed by atoms with Crippen molar-refractivity contribution in [1.29, 1.82) is 0 Å². The van der Waals surface area contributed by atoms with Crippen LogP contribution in [0.4, 0.5) is 0 Å². The quantitative estimate of drug-likeness (QED) is 0.373. The summed E-state index contributed by atoms with van der Waals surface area (Å²) in [6.07, 6.45) is 0. The van der Waals surface area contributed by atoms with Gasteiger partial charge in [-0.1, -0.05) is 90.7 Å². The van der Waals surface area contributed by atoms with Gasteiger partial charge in [-0.05, 0) is 42.0 Å². The number of benzene rings is 4. The second-order valence-corrected chi connectivity index (χ2v) is 9.84. The first-order valence-electron chi connectivity index (χ1n) is 9.31. The fourth-order valence-corrected chi connectivity index (χ4v) is 7.28. The van der Waals surface area contributed by atoms with Gasteiger partial charge in [0.05, 0.1) is 5.82 Å². The van der Waals surface area contributed by atoms with Crippen LogP contribution in [0.15, 0.2) is 127 Å². The molecule has 0 heterocycles. The molecule has 0 aliphatic rings. The van der Waals surface area contributed by atoms with Crippen molar-refractivity contribution in [3.05, 3.63) is 133 Å². The molecule has 0 unspecified atom stereocenters. The Hall–Kier alpha value is -3.15. The van der Waals surface area contributed by atoms with Crippen molar-refractivity contribution in [2.45, 2.75) is 0 Å².